The maximum atomic E-state index is 13.5. The van der Waals surface area contributed by atoms with Crippen LogP contribution in [0.5, 0.6) is 0 Å². The standard InChI is InChI=1S/C15H16BrFN2O/c1-4-13(20)14-9(2)18-19(10(14)3)8-11-6-5-7-12(17)15(11)16/h5-7H,4,8H2,1-3H3. The van der Waals surface area contributed by atoms with Gasteiger partial charge in [-0.05, 0) is 41.4 Å². The van der Waals surface area contributed by atoms with Gasteiger partial charge in [-0.15, -0.1) is 0 Å². The molecular weight excluding hydrogens is 323 g/mol. The van der Waals surface area contributed by atoms with Crippen molar-refractivity contribution in [1.29, 1.82) is 0 Å². The Labute approximate surface area is 125 Å². The summed E-state index contributed by atoms with van der Waals surface area (Å²) in [4.78, 5) is 11.9. The van der Waals surface area contributed by atoms with Crippen LogP contribution in [0.15, 0.2) is 22.7 Å². The molecule has 0 unspecified atom stereocenters. The van der Waals surface area contributed by atoms with Gasteiger partial charge in [-0.2, -0.15) is 5.10 Å². The van der Waals surface area contributed by atoms with E-state index in [1.54, 1.807) is 10.7 Å². The Morgan fingerprint density at radius 3 is 2.75 bits per heavy atom. The lowest BCUT2D eigenvalue weighted by atomic mass is 10.1. The van der Waals surface area contributed by atoms with Crippen LogP contribution < -0.4 is 0 Å². The third-order valence-electron chi connectivity index (χ3n) is 3.33. The van der Waals surface area contributed by atoms with Crippen LogP contribution >= 0.6 is 15.9 Å². The molecule has 0 aliphatic rings. The predicted molar refractivity (Wildman–Crippen MR) is 79.5 cm³/mol. The van der Waals surface area contributed by atoms with E-state index in [0.29, 0.717) is 23.0 Å². The summed E-state index contributed by atoms with van der Waals surface area (Å²) in [7, 11) is 0. The molecule has 0 bridgehead atoms. The van der Waals surface area contributed by atoms with Gasteiger partial charge in [0.1, 0.15) is 5.82 Å². The highest BCUT2D eigenvalue weighted by Gasteiger charge is 2.17. The molecule has 0 N–H and O–H groups in total. The van der Waals surface area contributed by atoms with Gasteiger partial charge in [-0.1, -0.05) is 19.1 Å². The van der Waals surface area contributed by atoms with Gasteiger partial charge < -0.3 is 0 Å². The number of benzene rings is 1. The van der Waals surface area contributed by atoms with E-state index in [2.05, 4.69) is 21.0 Å². The van der Waals surface area contributed by atoms with E-state index in [-0.39, 0.29) is 11.6 Å². The second-order valence-electron chi connectivity index (χ2n) is 4.69. The Morgan fingerprint density at radius 2 is 2.10 bits per heavy atom. The number of ketones is 1. The molecule has 0 amide bonds. The Bertz CT molecular complexity index is 664. The fraction of sp³-hybridized carbons (Fsp3) is 0.333. The van der Waals surface area contributed by atoms with Crippen LogP contribution in [0.1, 0.15) is 40.7 Å². The number of aromatic nitrogens is 2. The molecular formula is C15H16BrFN2O. The average molecular weight is 339 g/mol. The van der Waals surface area contributed by atoms with Gasteiger partial charge in [0.2, 0.25) is 0 Å². The van der Waals surface area contributed by atoms with E-state index in [1.807, 2.05) is 26.8 Å². The Hall–Kier alpha value is -1.49. The van der Waals surface area contributed by atoms with E-state index in [9.17, 15) is 9.18 Å². The first-order chi connectivity index (χ1) is 9.45. The van der Waals surface area contributed by atoms with Crippen LogP contribution in [0.4, 0.5) is 4.39 Å². The van der Waals surface area contributed by atoms with Crippen LogP contribution in [-0.4, -0.2) is 15.6 Å². The normalized spacial score (nSPS) is 10.8. The average Bonchev–Trinajstić information content (AvgIpc) is 2.69. The third kappa shape index (κ3) is 2.68. The summed E-state index contributed by atoms with van der Waals surface area (Å²) >= 11 is 3.25. The Balaban J connectivity index is 2.40. The summed E-state index contributed by atoms with van der Waals surface area (Å²) in [6.45, 7) is 5.97. The van der Waals surface area contributed by atoms with Gasteiger partial charge in [0.05, 0.1) is 22.3 Å². The van der Waals surface area contributed by atoms with Gasteiger partial charge in [0.25, 0.3) is 0 Å². The van der Waals surface area contributed by atoms with E-state index >= 15 is 0 Å². The zero-order chi connectivity index (χ0) is 14.9. The zero-order valence-electron chi connectivity index (χ0n) is 11.7. The lowest BCUT2D eigenvalue weighted by Gasteiger charge is -2.08. The van der Waals surface area contributed by atoms with E-state index in [0.717, 1.165) is 17.0 Å². The van der Waals surface area contributed by atoms with Crippen LogP contribution in [0.3, 0.4) is 0 Å². The first-order valence-electron chi connectivity index (χ1n) is 6.45. The summed E-state index contributed by atoms with van der Waals surface area (Å²) in [5.74, 6) is -0.210. The van der Waals surface area contributed by atoms with Crippen molar-refractivity contribution in [3.05, 3.63) is 51.0 Å². The smallest absolute Gasteiger partial charge is 0.166 e. The van der Waals surface area contributed by atoms with Crippen molar-refractivity contribution in [2.24, 2.45) is 0 Å². The highest BCUT2D eigenvalue weighted by Crippen LogP contribution is 2.23. The summed E-state index contributed by atoms with van der Waals surface area (Å²) < 4.78 is 15.7. The fourth-order valence-electron chi connectivity index (χ4n) is 2.26. The number of hydrogen-bond acceptors (Lipinski definition) is 2. The number of halogens is 2. The van der Waals surface area contributed by atoms with Gasteiger partial charge in [-0.25, -0.2) is 4.39 Å². The third-order valence-corrected chi connectivity index (χ3v) is 4.22. The van der Waals surface area contributed by atoms with Crippen molar-refractivity contribution in [2.75, 3.05) is 0 Å². The largest absolute Gasteiger partial charge is 0.294 e. The molecule has 0 aliphatic carbocycles. The van der Waals surface area contributed by atoms with Gasteiger partial charge in [0, 0.05) is 12.1 Å². The predicted octanol–water partition coefficient (Wildman–Crippen LogP) is 4.04. The molecule has 0 atom stereocenters. The van der Waals surface area contributed by atoms with E-state index in [4.69, 9.17) is 0 Å². The van der Waals surface area contributed by atoms with Gasteiger partial charge in [0.15, 0.2) is 5.78 Å². The maximum absolute atomic E-state index is 13.5. The molecule has 0 spiro atoms. The summed E-state index contributed by atoms with van der Waals surface area (Å²) in [6.07, 6.45) is 0.455. The molecule has 0 radical (unpaired) electrons. The Kier molecular flexibility index (Phi) is 4.38. The second-order valence-corrected chi connectivity index (χ2v) is 5.49. The second kappa shape index (κ2) is 5.87. The first kappa shape index (κ1) is 14.9. The lowest BCUT2D eigenvalue weighted by Crippen LogP contribution is -2.06. The zero-order valence-corrected chi connectivity index (χ0v) is 13.3. The highest BCUT2D eigenvalue weighted by atomic mass is 79.9. The molecule has 106 valence electrons. The lowest BCUT2D eigenvalue weighted by molar-refractivity contribution is 0.0987. The van der Waals surface area contributed by atoms with Crippen molar-refractivity contribution < 1.29 is 9.18 Å². The Morgan fingerprint density at radius 1 is 1.40 bits per heavy atom. The van der Waals surface area contributed by atoms with E-state index < -0.39 is 0 Å². The van der Waals surface area contributed by atoms with Gasteiger partial charge in [-0.3, -0.25) is 9.48 Å². The van der Waals surface area contributed by atoms with Gasteiger partial charge >= 0.3 is 0 Å². The number of aryl methyl sites for hydroxylation is 1. The van der Waals surface area contributed by atoms with Crippen LogP contribution in [0.25, 0.3) is 0 Å². The minimum atomic E-state index is -0.297. The maximum Gasteiger partial charge on any atom is 0.166 e. The monoisotopic (exact) mass is 338 g/mol. The molecule has 1 aromatic carbocycles. The summed E-state index contributed by atoms with van der Waals surface area (Å²) in [5.41, 5.74) is 3.03. The van der Waals surface area contributed by atoms with Crippen molar-refractivity contribution in [2.45, 2.75) is 33.7 Å². The SMILES string of the molecule is CCC(=O)c1c(C)nn(Cc2cccc(F)c2Br)c1C. The molecule has 5 heteroatoms. The molecule has 20 heavy (non-hydrogen) atoms. The molecule has 1 heterocycles. The molecule has 0 saturated heterocycles. The molecule has 2 aromatic rings. The number of nitrogens with zero attached hydrogens (tertiary/aromatic N) is 2. The van der Waals surface area contributed by atoms with Crippen LogP contribution in [0.2, 0.25) is 0 Å². The number of hydrogen-bond donors (Lipinski definition) is 0. The highest BCUT2D eigenvalue weighted by molar-refractivity contribution is 9.10. The number of carbonyl (C=O) groups is 1. The molecule has 0 fully saturated rings. The van der Waals surface area contributed by atoms with E-state index in [1.165, 1.54) is 6.07 Å². The molecule has 1 aromatic heterocycles. The molecule has 0 saturated carbocycles. The minimum Gasteiger partial charge on any atom is -0.294 e. The quantitative estimate of drug-likeness (QED) is 0.788. The van der Waals surface area contributed by atoms with Crippen molar-refractivity contribution in [3.8, 4) is 0 Å². The number of carbonyl (C=O) groups excluding carboxylic acids is 1. The summed E-state index contributed by atoms with van der Waals surface area (Å²) in [5, 5.41) is 4.40. The summed E-state index contributed by atoms with van der Waals surface area (Å²) in [6, 6.07) is 4.91. The topological polar surface area (TPSA) is 34.9 Å². The number of Topliss-reactive ketones (excluding diaryl/α,β-unsaturated/α-hetero) is 1. The molecule has 0 aliphatic heterocycles. The van der Waals surface area contributed by atoms with Crippen LogP contribution in [-0.2, 0) is 6.54 Å². The molecule has 2 rings (SSSR count). The number of rotatable bonds is 4. The first-order valence-corrected chi connectivity index (χ1v) is 7.25. The minimum absolute atomic E-state index is 0.0876. The van der Waals surface area contributed by atoms with Crippen molar-refractivity contribution in [3.63, 3.8) is 0 Å². The van der Waals surface area contributed by atoms with Crippen molar-refractivity contribution >= 4 is 21.7 Å². The fourth-order valence-corrected chi connectivity index (χ4v) is 2.65. The van der Waals surface area contributed by atoms with Crippen LogP contribution in [0, 0.1) is 19.7 Å². The van der Waals surface area contributed by atoms with Crippen molar-refractivity contribution in [1.82, 2.24) is 9.78 Å². The molecule has 3 nitrogen and oxygen atoms in total.